The van der Waals surface area contributed by atoms with Crippen LogP contribution < -0.4 is 4.74 Å². The van der Waals surface area contributed by atoms with Crippen LogP contribution in [0.15, 0.2) is 115 Å². The normalized spacial score (nSPS) is 15.2. The first-order valence-electron chi connectivity index (χ1n) is 14.7. The lowest BCUT2D eigenvalue weighted by molar-refractivity contribution is 0.268. The molecule has 1 atom stereocenters. The van der Waals surface area contributed by atoms with Gasteiger partial charge in [0.2, 0.25) is 17.2 Å². The third kappa shape index (κ3) is 4.59. The number of phenols is 5. The van der Waals surface area contributed by atoms with Crippen LogP contribution in [0.25, 0.3) is 54.9 Å². The third-order valence-corrected chi connectivity index (χ3v) is 8.41. The highest BCUT2D eigenvalue weighted by molar-refractivity contribution is 6.22. The molecule has 0 saturated heterocycles. The standard InChI is InChI=1S/C39H30O6/c1-22-11-3-2-4-14-26-25(19-10-20-31(26)45-22)23-12-9-13-24(21-23)32-27-15-5-7-17-29(27)33(30-18-8-6-16-28(30)32)34-35(40)37(42)39(44)38(43)36(34)41/h2-13,15-22,40-44H,14H2,1H3/b4-2-,11-3?/t22-/m0/s1. The topological polar surface area (TPSA) is 110 Å². The molecule has 0 fully saturated rings. The lowest BCUT2D eigenvalue weighted by Crippen LogP contribution is -2.09. The largest absolute Gasteiger partial charge is 0.504 e. The Bertz CT molecular complexity index is 2110. The van der Waals surface area contributed by atoms with Crippen molar-refractivity contribution in [1.82, 2.24) is 0 Å². The van der Waals surface area contributed by atoms with Crippen LogP contribution in [-0.4, -0.2) is 31.6 Å². The smallest absolute Gasteiger partial charge is 0.208 e. The van der Waals surface area contributed by atoms with Crippen molar-refractivity contribution >= 4 is 21.5 Å². The van der Waals surface area contributed by atoms with Crippen LogP contribution in [0.4, 0.5) is 0 Å². The zero-order valence-electron chi connectivity index (χ0n) is 24.4. The van der Waals surface area contributed by atoms with E-state index in [0.717, 1.165) is 44.3 Å². The molecule has 0 unspecified atom stereocenters. The van der Waals surface area contributed by atoms with Gasteiger partial charge in [0, 0.05) is 11.1 Å². The maximum Gasteiger partial charge on any atom is 0.208 e. The molecule has 0 spiro atoms. The van der Waals surface area contributed by atoms with Crippen molar-refractivity contribution in [2.24, 2.45) is 0 Å². The zero-order chi connectivity index (χ0) is 31.2. The zero-order valence-corrected chi connectivity index (χ0v) is 24.4. The Morgan fingerprint density at radius 1 is 0.556 bits per heavy atom. The third-order valence-electron chi connectivity index (χ3n) is 8.41. The van der Waals surface area contributed by atoms with E-state index < -0.39 is 28.7 Å². The quantitative estimate of drug-likeness (QED) is 0.0795. The minimum absolute atomic E-state index is 0.0689. The van der Waals surface area contributed by atoms with E-state index in [-0.39, 0.29) is 11.7 Å². The summed E-state index contributed by atoms with van der Waals surface area (Å²) in [5, 5.41) is 55.9. The number of hydrogen-bond acceptors (Lipinski definition) is 6. The Morgan fingerprint density at radius 2 is 1.11 bits per heavy atom. The van der Waals surface area contributed by atoms with Gasteiger partial charge in [0.1, 0.15) is 11.9 Å². The Labute approximate surface area is 259 Å². The summed E-state index contributed by atoms with van der Waals surface area (Å²) in [6.45, 7) is 2.02. The first kappa shape index (κ1) is 27.9. The molecule has 222 valence electrons. The molecule has 6 aromatic carbocycles. The number of allylic oxidation sites excluding steroid dienone is 3. The summed E-state index contributed by atoms with van der Waals surface area (Å²) >= 11 is 0. The van der Waals surface area contributed by atoms with Crippen molar-refractivity contribution in [2.75, 3.05) is 0 Å². The Kier molecular flexibility index (Phi) is 6.82. The molecule has 6 aromatic rings. The molecule has 0 bridgehead atoms. The van der Waals surface area contributed by atoms with Gasteiger partial charge in [0.15, 0.2) is 11.5 Å². The van der Waals surface area contributed by atoms with Crippen LogP contribution in [0.5, 0.6) is 34.5 Å². The number of rotatable bonds is 3. The lowest BCUT2D eigenvalue weighted by Gasteiger charge is -2.20. The number of ether oxygens (including phenoxy) is 1. The van der Waals surface area contributed by atoms with E-state index in [1.165, 1.54) is 0 Å². The van der Waals surface area contributed by atoms with Crippen molar-refractivity contribution in [3.8, 4) is 67.9 Å². The van der Waals surface area contributed by atoms with E-state index in [9.17, 15) is 25.5 Å². The molecule has 5 N–H and O–H groups in total. The number of phenolic OH excluding ortho intramolecular Hbond substituents is 5. The summed E-state index contributed by atoms with van der Waals surface area (Å²) < 4.78 is 6.29. The second-order valence-electron chi connectivity index (χ2n) is 11.2. The molecule has 0 radical (unpaired) electrons. The summed E-state index contributed by atoms with van der Waals surface area (Å²) in [4.78, 5) is 0. The van der Waals surface area contributed by atoms with Crippen LogP contribution >= 0.6 is 0 Å². The minimum Gasteiger partial charge on any atom is -0.504 e. The van der Waals surface area contributed by atoms with Gasteiger partial charge in [0.05, 0.1) is 5.56 Å². The Balaban J connectivity index is 1.50. The molecule has 1 heterocycles. The molecule has 6 nitrogen and oxygen atoms in total. The summed E-state index contributed by atoms with van der Waals surface area (Å²) in [5.41, 5.74) is 5.35. The van der Waals surface area contributed by atoms with Crippen LogP contribution in [0, 0.1) is 0 Å². The van der Waals surface area contributed by atoms with E-state index >= 15 is 0 Å². The van der Waals surface area contributed by atoms with Crippen molar-refractivity contribution in [3.05, 3.63) is 121 Å². The molecule has 0 amide bonds. The first-order chi connectivity index (χ1) is 21.8. The van der Waals surface area contributed by atoms with Gasteiger partial charge in [-0.2, -0.15) is 0 Å². The maximum absolute atomic E-state index is 11.0. The SMILES string of the molecule is C[C@H]1C=C/C=C\Cc2c(cccc2-c2cccc(-c3c4ccccc4c(-c4c(O)c(O)c(O)c(O)c4O)c4ccccc34)c2)O1. The lowest BCUT2D eigenvalue weighted by atomic mass is 9.84. The summed E-state index contributed by atoms with van der Waals surface area (Å²) in [7, 11) is 0. The second-order valence-corrected chi connectivity index (χ2v) is 11.2. The molecule has 0 aliphatic carbocycles. The van der Waals surface area contributed by atoms with E-state index in [1.54, 1.807) is 0 Å². The molecule has 1 aliphatic heterocycles. The van der Waals surface area contributed by atoms with Gasteiger partial charge >= 0.3 is 0 Å². The van der Waals surface area contributed by atoms with Gasteiger partial charge in [0.25, 0.3) is 0 Å². The molecule has 0 aromatic heterocycles. The van der Waals surface area contributed by atoms with E-state index in [4.69, 9.17) is 4.74 Å². The van der Waals surface area contributed by atoms with Gasteiger partial charge in [-0.25, -0.2) is 0 Å². The van der Waals surface area contributed by atoms with E-state index in [1.807, 2.05) is 91.9 Å². The predicted octanol–water partition coefficient (Wildman–Crippen LogP) is 8.96. The second kappa shape index (κ2) is 11.0. The fourth-order valence-electron chi connectivity index (χ4n) is 6.35. The van der Waals surface area contributed by atoms with Crippen LogP contribution in [0.2, 0.25) is 0 Å². The van der Waals surface area contributed by atoms with Crippen LogP contribution in [-0.2, 0) is 6.42 Å². The number of benzene rings is 6. The Morgan fingerprint density at radius 3 is 1.76 bits per heavy atom. The highest BCUT2D eigenvalue weighted by Gasteiger charge is 2.28. The Hall–Kier alpha value is -5.88. The highest BCUT2D eigenvalue weighted by atomic mass is 16.5. The van der Waals surface area contributed by atoms with Crippen molar-refractivity contribution in [3.63, 3.8) is 0 Å². The van der Waals surface area contributed by atoms with Crippen molar-refractivity contribution in [2.45, 2.75) is 19.4 Å². The molecule has 1 aliphatic rings. The number of hydrogen-bond donors (Lipinski definition) is 5. The highest BCUT2D eigenvalue weighted by Crippen LogP contribution is 2.57. The van der Waals surface area contributed by atoms with Crippen LogP contribution in [0.1, 0.15) is 12.5 Å². The molecular weight excluding hydrogens is 564 g/mol. The minimum atomic E-state index is -0.993. The molecule has 0 saturated carbocycles. The van der Waals surface area contributed by atoms with Gasteiger partial charge in [-0.05, 0) is 75.4 Å². The van der Waals surface area contributed by atoms with Gasteiger partial charge < -0.3 is 30.3 Å². The predicted molar refractivity (Wildman–Crippen MR) is 178 cm³/mol. The van der Waals surface area contributed by atoms with Crippen molar-refractivity contribution < 1.29 is 30.3 Å². The summed E-state index contributed by atoms with van der Waals surface area (Å²) in [6, 6.07) is 29.7. The molecule has 45 heavy (non-hydrogen) atoms. The summed E-state index contributed by atoms with van der Waals surface area (Å²) in [5.74, 6) is -3.44. The fraction of sp³-hybridized carbons (Fsp3) is 0.0769. The fourth-order valence-corrected chi connectivity index (χ4v) is 6.35. The average molecular weight is 595 g/mol. The van der Waals surface area contributed by atoms with Gasteiger partial charge in [-0.3, -0.25) is 0 Å². The molecular formula is C39H30O6. The average Bonchev–Trinajstić information content (AvgIpc) is 3.15. The molecule has 6 heteroatoms. The van der Waals surface area contributed by atoms with Gasteiger partial charge in [-0.1, -0.05) is 97.1 Å². The monoisotopic (exact) mass is 594 g/mol. The summed E-state index contributed by atoms with van der Waals surface area (Å²) in [6.07, 6.45) is 8.86. The number of aromatic hydroxyl groups is 5. The number of fused-ring (bicyclic) bond motifs is 3. The first-order valence-corrected chi connectivity index (χ1v) is 14.7. The van der Waals surface area contributed by atoms with Crippen LogP contribution in [0.3, 0.4) is 0 Å². The maximum atomic E-state index is 11.0. The van der Waals surface area contributed by atoms with Crippen molar-refractivity contribution in [1.29, 1.82) is 0 Å². The van der Waals surface area contributed by atoms with E-state index in [0.29, 0.717) is 22.8 Å². The van der Waals surface area contributed by atoms with Gasteiger partial charge in [-0.15, -0.1) is 0 Å². The van der Waals surface area contributed by atoms with E-state index in [2.05, 4.69) is 30.3 Å². The molecule has 7 rings (SSSR count).